The van der Waals surface area contributed by atoms with Gasteiger partial charge in [0.1, 0.15) is 5.82 Å². The molecular formula is C14H21N3O2. The Morgan fingerprint density at radius 2 is 2.26 bits per heavy atom. The number of aromatic nitrogens is 1. The molecule has 5 heteroatoms. The Labute approximate surface area is 114 Å². The molecule has 5 nitrogen and oxygen atoms in total. The van der Waals surface area contributed by atoms with Gasteiger partial charge in [0.15, 0.2) is 0 Å². The lowest BCUT2D eigenvalue weighted by atomic mass is 10.1. The summed E-state index contributed by atoms with van der Waals surface area (Å²) in [4.78, 5) is 18.6. The number of carbonyl (C=O) groups is 1. The van der Waals surface area contributed by atoms with Crippen molar-refractivity contribution in [3.8, 4) is 0 Å². The van der Waals surface area contributed by atoms with Crippen molar-refractivity contribution in [2.24, 2.45) is 0 Å². The number of hydrogen-bond acceptors (Lipinski definition) is 4. The van der Waals surface area contributed by atoms with Crippen LogP contribution in [0.5, 0.6) is 0 Å². The minimum absolute atomic E-state index is 0.0179. The summed E-state index contributed by atoms with van der Waals surface area (Å²) in [5.41, 5.74) is 1.50. The molecule has 19 heavy (non-hydrogen) atoms. The molecule has 1 N–H and O–H groups in total. The zero-order valence-corrected chi connectivity index (χ0v) is 11.9. The molecule has 1 aromatic rings. The fraction of sp³-hybridized carbons (Fsp3) is 0.571. The molecular weight excluding hydrogens is 242 g/mol. The summed E-state index contributed by atoms with van der Waals surface area (Å²) in [6, 6.07) is 3.76. The van der Waals surface area contributed by atoms with Crippen LogP contribution in [0, 0.1) is 6.92 Å². The Balaban J connectivity index is 2.21. The topological polar surface area (TPSA) is 54.5 Å². The van der Waals surface area contributed by atoms with E-state index in [1.165, 1.54) is 0 Å². The van der Waals surface area contributed by atoms with E-state index in [2.05, 4.69) is 10.3 Å². The molecule has 0 aliphatic carbocycles. The Morgan fingerprint density at radius 1 is 1.53 bits per heavy atom. The van der Waals surface area contributed by atoms with Crippen LogP contribution >= 0.6 is 0 Å². The first kappa shape index (κ1) is 13.8. The third-order valence-electron chi connectivity index (χ3n) is 3.61. The zero-order chi connectivity index (χ0) is 14.0. The van der Waals surface area contributed by atoms with Gasteiger partial charge in [-0.3, -0.25) is 4.79 Å². The number of likely N-dealkylation sites (N-methyl/N-ethyl adjacent to an activating group) is 1. The molecule has 0 spiro atoms. The molecule has 1 aromatic heterocycles. The number of hydrogen-bond donors (Lipinski definition) is 1. The largest absolute Gasteiger partial charge is 0.376 e. The fourth-order valence-corrected chi connectivity index (χ4v) is 2.50. The van der Waals surface area contributed by atoms with Crippen molar-refractivity contribution in [1.29, 1.82) is 0 Å². The summed E-state index contributed by atoms with van der Waals surface area (Å²) in [5, 5.41) is 2.97. The van der Waals surface area contributed by atoms with Crippen LogP contribution in [0.1, 0.15) is 29.4 Å². The van der Waals surface area contributed by atoms with Gasteiger partial charge >= 0.3 is 0 Å². The molecule has 1 saturated heterocycles. The third-order valence-corrected chi connectivity index (χ3v) is 3.61. The van der Waals surface area contributed by atoms with E-state index >= 15 is 0 Å². The molecule has 1 fully saturated rings. The van der Waals surface area contributed by atoms with Crippen molar-refractivity contribution in [2.45, 2.75) is 32.4 Å². The van der Waals surface area contributed by atoms with Gasteiger partial charge in [0.2, 0.25) is 0 Å². The van der Waals surface area contributed by atoms with Gasteiger partial charge in [-0.1, -0.05) is 0 Å². The van der Waals surface area contributed by atoms with Crippen LogP contribution in [-0.2, 0) is 4.74 Å². The second-order valence-electron chi connectivity index (χ2n) is 4.98. The number of aryl methyl sites for hydroxylation is 1. The minimum atomic E-state index is 0.0179. The van der Waals surface area contributed by atoms with E-state index in [0.717, 1.165) is 18.7 Å². The highest BCUT2D eigenvalue weighted by molar-refractivity contribution is 5.95. The van der Waals surface area contributed by atoms with Crippen molar-refractivity contribution in [2.75, 3.05) is 26.0 Å². The van der Waals surface area contributed by atoms with E-state index in [1.54, 1.807) is 18.0 Å². The second-order valence-corrected chi connectivity index (χ2v) is 4.98. The Morgan fingerprint density at radius 3 is 2.84 bits per heavy atom. The normalized spacial score (nSPS) is 22.3. The van der Waals surface area contributed by atoms with E-state index in [-0.39, 0.29) is 18.1 Å². The fourth-order valence-electron chi connectivity index (χ4n) is 2.50. The summed E-state index contributed by atoms with van der Waals surface area (Å²) in [6.07, 6.45) is 0.993. The Kier molecular flexibility index (Phi) is 4.04. The number of anilines is 1. The maximum atomic E-state index is 12.5. The van der Waals surface area contributed by atoms with Gasteiger partial charge in [0.05, 0.1) is 12.1 Å². The van der Waals surface area contributed by atoms with Gasteiger partial charge in [-0.25, -0.2) is 4.98 Å². The number of pyridine rings is 1. The molecule has 2 rings (SSSR count). The predicted molar refractivity (Wildman–Crippen MR) is 74.4 cm³/mol. The first-order valence-corrected chi connectivity index (χ1v) is 6.58. The number of ether oxygens (including phenoxy) is 1. The quantitative estimate of drug-likeness (QED) is 0.901. The van der Waals surface area contributed by atoms with Gasteiger partial charge in [-0.2, -0.15) is 0 Å². The first-order chi connectivity index (χ1) is 9.02. The molecule has 1 aliphatic rings. The number of amides is 1. The molecule has 1 amide bonds. The van der Waals surface area contributed by atoms with Crippen LogP contribution < -0.4 is 5.32 Å². The van der Waals surface area contributed by atoms with E-state index in [9.17, 15) is 4.79 Å². The van der Waals surface area contributed by atoms with E-state index in [0.29, 0.717) is 11.4 Å². The van der Waals surface area contributed by atoms with Crippen molar-refractivity contribution in [3.63, 3.8) is 0 Å². The SMILES string of the molecule is CNc1cc(C(=O)N(C)C2CCOC2C)cc(C)n1. The zero-order valence-electron chi connectivity index (χ0n) is 11.9. The van der Waals surface area contributed by atoms with Crippen LogP contribution in [0.2, 0.25) is 0 Å². The van der Waals surface area contributed by atoms with E-state index in [4.69, 9.17) is 4.74 Å². The monoisotopic (exact) mass is 263 g/mol. The molecule has 0 saturated carbocycles. The molecule has 1 aliphatic heterocycles. The lowest BCUT2D eigenvalue weighted by Gasteiger charge is -2.27. The maximum absolute atomic E-state index is 12.5. The summed E-state index contributed by atoms with van der Waals surface area (Å²) in [6.45, 7) is 4.62. The molecule has 2 atom stereocenters. The van der Waals surface area contributed by atoms with Crippen molar-refractivity contribution < 1.29 is 9.53 Å². The molecule has 0 bridgehead atoms. The highest BCUT2D eigenvalue weighted by Gasteiger charge is 2.31. The molecule has 2 unspecified atom stereocenters. The van der Waals surface area contributed by atoms with Crippen LogP contribution in [-0.4, -0.2) is 48.6 Å². The number of nitrogens with zero attached hydrogens (tertiary/aromatic N) is 2. The van der Waals surface area contributed by atoms with Crippen LogP contribution in [0.4, 0.5) is 5.82 Å². The van der Waals surface area contributed by atoms with Crippen LogP contribution in [0.3, 0.4) is 0 Å². The predicted octanol–water partition coefficient (Wildman–Crippen LogP) is 1.68. The highest BCUT2D eigenvalue weighted by atomic mass is 16.5. The Bertz CT molecular complexity index is 476. The second kappa shape index (κ2) is 5.57. The summed E-state index contributed by atoms with van der Waals surface area (Å²) < 4.78 is 5.52. The lowest BCUT2D eigenvalue weighted by Crippen LogP contribution is -2.41. The summed E-state index contributed by atoms with van der Waals surface area (Å²) >= 11 is 0. The smallest absolute Gasteiger partial charge is 0.254 e. The third kappa shape index (κ3) is 2.87. The lowest BCUT2D eigenvalue weighted by molar-refractivity contribution is 0.0574. The number of nitrogens with one attached hydrogen (secondary N) is 1. The number of rotatable bonds is 3. The first-order valence-electron chi connectivity index (χ1n) is 6.58. The van der Waals surface area contributed by atoms with Gasteiger partial charge < -0.3 is 15.0 Å². The average molecular weight is 263 g/mol. The number of carbonyl (C=O) groups excluding carboxylic acids is 1. The summed E-state index contributed by atoms with van der Waals surface area (Å²) in [5.74, 6) is 0.733. The van der Waals surface area contributed by atoms with Gasteiger partial charge in [-0.05, 0) is 32.4 Å². The molecule has 0 aromatic carbocycles. The average Bonchev–Trinajstić information content (AvgIpc) is 2.82. The van der Waals surface area contributed by atoms with Crippen molar-refractivity contribution >= 4 is 11.7 Å². The standard InChI is InChI=1S/C14H21N3O2/c1-9-7-11(8-13(15-3)16-9)14(18)17(4)12-5-6-19-10(12)2/h7-8,10,12H,5-6H2,1-4H3,(H,15,16). The van der Waals surface area contributed by atoms with Gasteiger partial charge in [0, 0.05) is 32.0 Å². The van der Waals surface area contributed by atoms with Crippen LogP contribution in [0.25, 0.3) is 0 Å². The molecule has 2 heterocycles. The van der Waals surface area contributed by atoms with E-state index < -0.39 is 0 Å². The Hall–Kier alpha value is -1.62. The minimum Gasteiger partial charge on any atom is -0.376 e. The summed E-state index contributed by atoms with van der Waals surface area (Å²) in [7, 11) is 3.64. The maximum Gasteiger partial charge on any atom is 0.254 e. The highest BCUT2D eigenvalue weighted by Crippen LogP contribution is 2.21. The van der Waals surface area contributed by atoms with E-state index in [1.807, 2.05) is 27.0 Å². The van der Waals surface area contributed by atoms with Gasteiger partial charge in [0.25, 0.3) is 5.91 Å². The van der Waals surface area contributed by atoms with Crippen molar-refractivity contribution in [3.05, 3.63) is 23.4 Å². The van der Waals surface area contributed by atoms with Gasteiger partial charge in [-0.15, -0.1) is 0 Å². The van der Waals surface area contributed by atoms with Crippen LogP contribution in [0.15, 0.2) is 12.1 Å². The van der Waals surface area contributed by atoms with Crippen molar-refractivity contribution in [1.82, 2.24) is 9.88 Å². The molecule has 104 valence electrons. The molecule has 0 radical (unpaired) electrons.